The maximum Gasteiger partial charge on any atom is 0.263 e. The number of aryl methyl sites for hydroxylation is 2. The number of carbonyl (C=O) groups is 1. The molecule has 160 valence electrons. The molecule has 0 aliphatic carbocycles. The highest BCUT2D eigenvalue weighted by molar-refractivity contribution is 5.95. The van der Waals surface area contributed by atoms with Gasteiger partial charge in [0.05, 0.1) is 12.2 Å². The van der Waals surface area contributed by atoms with Crippen LogP contribution in [-0.4, -0.2) is 43.0 Å². The van der Waals surface area contributed by atoms with Crippen LogP contribution in [0.25, 0.3) is 0 Å². The zero-order valence-electron chi connectivity index (χ0n) is 18.0. The third kappa shape index (κ3) is 3.93. The van der Waals surface area contributed by atoms with Crippen molar-refractivity contribution in [3.05, 3.63) is 91.3 Å². The van der Waals surface area contributed by atoms with Crippen LogP contribution in [0.15, 0.2) is 46.4 Å². The molecular weight excluding hydrogens is 394 g/mol. The number of fused-ring (bicyclic) bond motifs is 1. The highest BCUT2D eigenvalue weighted by Crippen LogP contribution is 2.15. The molecule has 0 aromatic carbocycles. The maximum atomic E-state index is 13.4. The Morgan fingerprint density at radius 2 is 1.87 bits per heavy atom. The fourth-order valence-corrected chi connectivity index (χ4v) is 3.97. The number of aromatic nitrogens is 4. The van der Waals surface area contributed by atoms with E-state index in [1.807, 2.05) is 12.1 Å². The molecule has 31 heavy (non-hydrogen) atoms. The number of carbonyl (C=O) groups excluding carboxylic acids is 1. The molecule has 8 heteroatoms. The summed E-state index contributed by atoms with van der Waals surface area (Å²) in [6.07, 6.45) is 6.01. The van der Waals surface area contributed by atoms with Gasteiger partial charge in [0, 0.05) is 50.7 Å². The second-order valence-corrected chi connectivity index (χ2v) is 7.91. The van der Waals surface area contributed by atoms with Gasteiger partial charge in [0.2, 0.25) is 0 Å². The predicted molar refractivity (Wildman–Crippen MR) is 116 cm³/mol. The first-order chi connectivity index (χ1) is 14.9. The minimum atomic E-state index is -0.319. The van der Waals surface area contributed by atoms with Gasteiger partial charge < -0.3 is 9.47 Å². The summed E-state index contributed by atoms with van der Waals surface area (Å²) in [6.45, 7) is 4.71. The molecule has 0 saturated heterocycles. The molecule has 1 aliphatic rings. The van der Waals surface area contributed by atoms with Crippen LogP contribution in [0, 0.1) is 13.8 Å². The van der Waals surface area contributed by atoms with E-state index in [9.17, 15) is 14.4 Å². The molecule has 4 heterocycles. The molecule has 4 rings (SSSR count). The maximum absolute atomic E-state index is 13.4. The standard InChI is InChI=1S/C23H25N5O3/c1-15-6-10-28(14-17-5-4-9-24-13-17)23(31)20(15)22(30)27-11-7-18-19(8-12-27)25-16(2)26(3)21(18)29/h4-6,9-10,13H,7-8,11-12,14H2,1-3H3. The number of amides is 1. The van der Waals surface area contributed by atoms with Crippen molar-refractivity contribution in [2.24, 2.45) is 7.05 Å². The van der Waals surface area contributed by atoms with Gasteiger partial charge in [-0.15, -0.1) is 0 Å². The Balaban J connectivity index is 1.63. The molecule has 0 bridgehead atoms. The first-order valence-electron chi connectivity index (χ1n) is 10.3. The van der Waals surface area contributed by atoms with Gasteiger partial charge in [0.25, 0.3) is 17.0 Å². The highest BCUT2D eigenvalue weighted by Gasteiger charge is 2.26. The van der Waals surface area contributed by atoms with Gasteiger partial charge in [-0.25, -0.2) is 4.98 Å². The molecular formula is C23H25N5O3. The molecule has 0 unspecified atom stereocenters. The van der Waals surface area contributed by atoms with Gasteiger partial charge >= 0.3 is 0 Å². The number of hydrogen-bond donors (Lipinski definition) is 0. The van der Waals surface area contributed by atoms with Crippen LogP contribution in [0.5, 0.6) is 0 Å². The summed E-state index contributed by atoms with van der Waals surface area (Å²) >= 11 is 0. The van der Waals surface area contributed by atoms with Crippen molar-refractivity contribution in [3.63, 3.8) is 0 Å². The second kappa shape index (κ2) is 8.29. The van der Waals surface area contributed by atoms with Crippen LogP contribution in [0.2, 0.25) is 0 Å². The minimum Gasteiger partial charge on any atom is -0.338 e. The number of rotatable bonds is 3. The fraction of sp³-hybridized carbons (Fsp3) is 0.348. The summed E-state index contributed by atoms with van der Waals surface area (Å²) in [4.78, 5) is 49.4. The van der Waals surface area contributed by atoms with Crippen LogP contribution < -0.4 is 11.1 Å². The SMILES string of the molecule is Cc1ccn(Cc2cccnc2)c(=O)c1C(=O)N1CCc2nc(C)n(C)c(=O)c2CC1. The molecule has 0 radical (unpaired) electrons. The molecule has 3 aromatic rings. The smallest absolute Gasteiger partial charge is 0.263 e. The van der Waals surface area contributed by atoms with Crippen molar-refractivity contribution in [2.45, 2.75) is 33.2 Å². The van der Waals surface area contributed by atoms with Gasteiger partial charge in [-0.1, -0.05) is 6.07 Å². The first-order valence-corrected chi connectivity index (χ1v) is 10.3. The molecule has 0 spiro atoms. The van der Waals surface area contributed by atoms with Crippen molar-refractivity contribution in [2.75, 3.05) is 13.1 Å². The lowest BCUT2D eigenvalue weighted by molar-refractivity contribution is 0.0759. The van der Waals surface area contributed by atoms with Crippen molar-refractivity contribution in [1.82, 2.24) is 24.0 Å². The van der Waals surface area contributed by atoms with Crippen LogP contribution in [0.4, 0.5) is 0 Å². The Bertz CT molecular complexity index is 1260. The lowest BCUT2D eigenvalue weighted by Crippen LogP contribution is -2.39. The average Bonchev–Trinajstić information content (AvgIpc) is 2.97. The van der Waals surface area contributed by atoms with E-state index in [2.05, 4.69) is 9.97 Å². The molecule has 8 nitrogen and oxygen atoms in total. The predicted octanol–water partition coefficient (Wildman–Crippen LogP) is 1.24. The quantitative estimate of drug-likeness (QED) is 0.637. The minimum absolute atomic E-state index is 0.0634. The van der Waals surface area contributed by atoms with E-state index in [4.69, 9.17) is 0 Å². The lowest BCUT2D eigenvalue weighted by atomic mass is 10.1. The van der Waals surface area contributed by atoms with Crippen molar-refractivity contribution < 1.29 is 4.79 Å². The van der Waals surface area contributed by atoms with E-state index in [0.717, 1.165) is 11.3 Å². The lowest BCUT2D eigenvalue weighted by Gasteiger charge is -2.21. The summed E-state index contributed by atoms with van der Waals surface area (Å²) in [5, 5.41) is 0. The Morgan fingerprint density at radius 3 is 2.61 bits per heavy atom. The third-order valence-electron chi connectivity index (χ3n) is 5.89. The molecule has 0 atom stereocenters. The Hall–Kier alpha value is -3.55. The Morgan fingerprint density at radius 1 is 1.10 bits per heavy atom. The molecule has 0 N–H and O–H groups in total. The Kier molecular flexibility index (Phi) is 5.54. The van der Waals surface area contributed by atoms with E-state index in [0.29, 0.717) is 49.4 Å². The van der Waals surface area contributed by atoms with Gasteiger partial charge in [-0.05, 0) is 43.5 Å². The molecule has 0 saturated carbocycles. The van der Waals surface area contributed by atoms with Crippen molar-refractivity contribution >= 4 is 5.91 Å². The number of pyridine rings is 2. The largest absolute Gasteiger partial charge is 0.338 e. The Labute approximate surface area is 179 Å². The van der Waals surface area contributed by atoms with Gasteiger partial charge in [0.1, 0.15) is 11.4 Å². The normalized spacial score (nSPS) is 13.6. The fourth-order valence-electron chi connectivity index (χ4n) is 3.97. The monoisotopic (exact) mass is 419 g/mol. The van der Waals surface area contributed by atoms with E-state index < -0.39 is 0 Å². The first kappa shape index (κ1) is 20.7. The number of nitrogens with zero attached hydrogens (tertiary/aromatic N) is 5. The second-order valence-electron chi connectivity index (χ2n) is 7.91. The summed E-state index contributed by atoms with van der Waals surface area (Å²) in [5.41, 5.74) is 2.72. The van der Waals surface area contributed by atoms with E-state index in [1.165, 1.54) is 9.13 Å². The zero-order valence-corrected chi connectivity index (χ0v) is 18.0. The van der Waals surface area contributed by atoms with Crippen molar-refractivity contribution in [1.29, 1.82) is 0 Å². The van der Waals surface area contributed by atoms with Crippen LogP contribution in [0.1, 0.15) is 38.6 Å². The molecule has 3 aromatic heterocycles. The number of hydrogen-bond acceptors (Lipinski definition) is 5. The van der Waals surface area contributed by atoms with E-state index >= 15 is 0 Å². The third-order valence-corrected chi connectivity index (χ3v) is 5.89. The van der Waals surface area contributed by atoms with Gasteiger partial charge in [-0.3, -0.25) is 23.9 Å². The molecule has 0 fully saturated rings. The summed E-state index contributed by atoms with van der Waals surface area (Å²) in [5.74, 6) is 0.352. The van der Waals surface area contributed by atoms with E-state index in [-0.39, 0.29) is 22.6 Å². The van der Waals surface area contributed by atoms with Crippen LogP contribution in [0.3, 0.4) is 0 Å². The van der Waals surface area contributed by atoms with Gasteiger partial charge in [-0.2, -0.15) is 0 Å². The summed E-state index contributed by atoms with van der Waals surface area (Å²) in [7, 11) is 1.71. The van der Waals surface area contributed by atoms with E-state index in [1.54, 1.807) is 50.5 Å². The van der Waals surface area contributed by atoms with Crippen LogP contribution in [-0.2, 0) is 26.4 Å². The van der Waals surface area contributed by atoms with Crippen molar-refractivity contribution in [3.8, 4) is 0 Å². The molecule has 1 amide bonds. The summed E-state index contributed by atoms with van der Waals surface area (Å²) in [6, 6.07) is 5.50. The van der Waals surface area contributed by atoms with Crippen LogP contribution >= 0.6 is 0 Å². The van der Waals surface area contributed by atoms with Gasteiger partial charge in [0.15, 0.2) is 0 Å². The summed E-state index contributed by atoms with van der Waals surface area (Å²) < 4.78 is 3.07. The molecule has 1 aliphatic heterocycles. The zero-order chi connectivity index (χ0) is 22.1. The highest BCUT2D eigenvalue weighted by atomic mass is 16.2. The topological polar surface area (TPSA) is 90.1 Å². The average molecular weight is 419 g/mol.